The predicted molar refractivity (Wildman–Crippen MR) is 119 cm³/mol. The summed E-state index contributed by atoms with van der Waals surface area (Å²) >= 11 is 0. The van der Waals surface area contributed by atoms with Crippen LogP contribution in [-0.4, -0.2) is 12.3 Å². The van der Waals surface area contributed by atoms with Gasteiger partial charge in [-0.1, -0.05) is 87.5 Å². The van der Waals surface area contributed by atoms with E-state index in [1.165, 1.54) is 0 Å². The second-order valence-corrected chi connectivity index (χ2v) is 11.2. The van der Waals surface area contributed by atoms with E-state index in [0.29, 0.717) is 24.3 Å². The summed E-state index contributed by atoms with van der Waals surface area (Å²) in [7, 11) is -1.38. The third-order valence-electron chi connectivity index (χ3n) is 5.95. The van der Waals surface area contributed by atoms with Crippen LogP contribution < -0.4 is 5.30 Å². The molecule has 0 fully saturated rings. The van der Waals surface area contributed by atoms with Crippen LogP contribution in [-0.2, 0) is 6.18 Å². The Morgan fingerprint density at radius 3 is 1.84 bits per heavy atom. The third kappa shape index (κ3) is 8.59. The fraction of sp³-hybridized carbons (Fsp3) is 0.750. The van der Waals surface area contributed by atoms with E-state index in [2.05, 4.69) is 13.8 Å². The lowest BCUT2D eigenvalue weighted by Crippen LogP contribution is -2.24. The first kappa shape index (κ1) is 28.3. The van der Waals surface area contributed by atoms with Crippen LogP contribution in [0.1, 0.15) is 85.1 Å². The zero-order valence-electron chi connectivity index (χ0n) is 19.4. The molecule has 0 spiro atoms. The van der Waals surface area contributed by atoms with Gasteiger partial charge in [-0.2, -0.15) is 13.2 Å². The van der Waals surface area contributed by atoms with Crippen molar-refractivity contribution in [3.05, 3.63) is 29.1 Å². The molecule has 0 heterocycles. The number of hydrogen-bond donors (Lipinski definition) is 0. The maximum atomic E-state index is 14.9. The molecule has 1 aromatic rings. The highest BCUT2D eigenvalue weighted by Crippen LogP contribution is 2.44. The molecule has 0 bridgehead atoms. The molecule has 1 rings (SSSR count). The summed E-state index contributed by atoms with van der Waals surface area (Å²) in [5.74, 6) is -4.45. The van der Waals surface area contributed by atoms with Crippen molar-refractivity contribution in [2.24, 2.45) is 17.8 Å². The average Bonchev–Trinajstić information content (AvgIpc) is 2.66. The fourth-order valence-electron chi connectivity index (χ4n) is 4.25. The Bertz CT molecular complexity index is 673. The van der Waals surface area contributed by atoms with Crippen LogP contribution in [0, 0.1) is 35.2 Å². The van der Waals surface area contributed by atoms with Crippen molar-refractivity contribution in [2.45, 2.75) is 85.7 Å². The lowest BCUT2D eigenvalue weighted by atomic mass is 9.92. The largest absolute Gasteiger partial charge is 0.422 e. The van der Waals surface area contributed by atoms with Gasteiger partial charge < -0.3 is 0 Å². The molecule has 0 radical (unpaired) electrons. The molecule has 1 aromatic carbocycles. The summed E-state index contributed by atoms with van der Waals surface area (Å²) < 4.78 is 82.6. The SMILES string of the molecule is CCCC(C)CP(CC(C)CCC(CC)CCC)c1cc(F)c(F)c(C(F)(F)F)c1F. The number of alkyl halides is 3. The molecule has 0 saturated heterocycles. The van der Waals surface area contributed by atoms with E-state index < -0.39 is 37.1 Å². The predicted octanol–water partition coefficient (Wildman–Crippen LogP) is 8.91. The number of hydrogen-bond acceptors (Lipinski definition) is 0. The minimum atomic E-state index is -5.28. The first-order valence-corrected chi connectivity index (χ1v) is 13.2. The van der Waals surface area contributed by atoms with Gasteiger partial charge in [0, 0.05) is 5.30 Å². The zero-order chi connectivity index (χ0) is 23.8. The molecule has 0 amide bonds. The first-order valence-electron chi connectivity index (χ1n) is 11.5. The second-order valence-electron chi connectivity index (χ2n) is 8.92. The van der Waals surface area contributed by atoms with Gasteiger partial charge in [-0.05, 0) is 36.1 Å². The van der Waals surface area contributed by atoms with Gasteiger partial charge in [0.1, 0.15) is 11.4 Å². The Morgan fingerprint density at radius 1 is 0.806 bits per heavy atom. The Hall–Kier alpha value is -0.770. The molecule has 0 N–H and O–H groups in total. The van der Waals surface area contributed by atoms with Crippen molar-refractivity contribution in [1.82, 2.24) is 0 Å². The lowest BCUT2D eigenvalue weighted by molar-refractivity contribution is -0.142. The van der Waals surface area contributed by atoms with Crippen molar-refractivity contribution in [1.29, 1.82) is 0 Å². The van der Waals surface area contributed by atoms with Crippen LogP contribution in [0.4, 0.5) is 26.3 Å². The molecule has 7 heteroatoms. The topological polar surface area (TPSA) is 0 Å². The minimum absolute atomic E-state index is 0.174. The molecule has 0 aromatic heterocycles. The minimum Gasteiger partial charge on any atom is -0.206 e. The summed E-state index contributed by atoms with van der Waals surface area (Å²) in [6, 6.07) is 0.670. The Kier molecular flexibility index (Phi) is 11.9. The third-order valence-corrected chi connectivity index (χ3v) is 9.08. The molecule has 0 nitrogen and oxygen atoms in total. The van der Waals surface area contributed by atoms with Crippen molar-refractivity contribution in [3.8, 4) is 0 Å². The van der Waals surface area contributed by atoms with Crippen molar-refractivity contribution in [3.63, 3.8) is 0 Å². The maximum absolute atomic E-state index is 14.9. The van der Waals surface area contributed by atoms with Gasteiger partial charge in [-0.3, -0.25) is 0 Å². The van der Waals surface area contributed by atoms with E-state index in [0.717, 1.165) is 44.9 Å². The second kappa shape index (κ2) is 13.1. The van der Waals surface area contributed by atoms with Crippen LogP contribution in [0.2, 0.25) is 0 Å². The maximum Gasteiger partial charge on any atom is 0.422 e. The summed E-state index contributed by atoms with van der Waals surface area (Å²) in [4.78, 5) is 0. The Balaban J connectivity index is 3.21. The molecule has 180 valence electrons. The molecule has 31 heavy (non-hydrogen) atoms. The standard InChI is InChI=1S/C24H37F6P/c1-6-9-16(4)14-31(15-17(5)11-12-18(8-3)10-7-2)20-13-19(25)22(26)21(23(20)27)24(28,29)30/h13,16-18H,6-12,14-15H2,1-5H3. The van der Waals surface area contributed by atoms with Crippen LogP contribution >= 0.6 is 7.92 Å². The molecule has 0 saturated carbocycles. The first-order chi connectivity index (χ1) is 14.5. The molecule has 0 aliphatic rings. The van der Waals surface area contributed by atoms with Gasteiger partial charge in [0.25, 0.3) is 0 Å². The molecule has 4 atom stereocenters. The summed E-state index contributed by atoms with van der Waals surface area (Å²) in [5, 5.41) is -0.281. The Morgan fingerprint density at radius 2 is 1.35 bits per heavy atom. The van der Waals surface area contributed by atoms with Gasteiger partial charge in [0.05, 0.1) is 0 Å². The van der Waals surface area contributed by atoms with Crippen molar-refractivity contribution >= 4 is 13.2 Å². The van der Waals surface area contributed by atoms with E-state index in [1.807, 2.05) is 20.8 Å². The normalized spacial score (nSPS) is 16.2. The van der Waals surface area contributed by atoms with E-state index >= 15 is 0 Å². The highest BCUT2D eigenvalue weighted by molar-refractivity contribution is 7.65. The van der Waals surface area contributed by atoms with Crippen LogP contribution in [0.3, 0.4) is 0 Å². The van der Waals surface area contributed by atoms with Crippen molar-refractivity contribution in [2.75, 3.05) is 12.3 Å². The number of halogens is 6. The van der Waals surface area contributed by atoms with Gasteiger partial charge in [0.2, 0.25) is 0 Å². The summed E-state index contributed by atoms with van der Waals surface area (Å²) in [5.41, 5.74) is -2.10. The van der Waals surface area contributed by atoms with E-state index in [9.17, 15) is 26.3 Å². The average molecular weight is 471 g/mol. The van der Waals surface area contributed by atoms with Crippen molar-refractivity contribution < 1.29 is 26.3 Å². The molecular weight excluding hydrogens is 433 g/mol. The van der Waals surface area contributed by atoms with Gasteiger partial charge in [-0.15, -0.1) is 0 Å². The highest BCUT2D eigenvalue weighted by Gasteiger charge is 2.41. The fourth-order valence-corrected chi connectivity index (χ4v) is 7.35. The summed E-state index contributed by atoms with van der Waals surface area (Å²) in [6.45, 7) is 10.3. The lowest BCUT2D eigenvalue weighted by Gasteiger charge is -2.27. The van der Waals surface area contributed by atoms with E-state index in [1.54, 1.807) is 0 Å². The van der Waals surface area contributed by atoms with Gasteiger partial charge >= 0.3 is 6.18 Å². The number of rotatable bonds is 13. The Labute approximate surface area is 184 Å². The zero-order valence-corrected chi connectivity index (χ0v) is 20.3. The molecule has 0 aliphatic carbocycles. The summed E-state index contributed by atoms with van der Waals surface area (Å²) in [6.07, 6.45) is 2.76. The monoisotopic (exact) mass is 470 g/mol. The smallest absolute Gasteiger partial charge is 0.206 e. The number of benzene rings is 1. The molecule has 0 aliphatic heterocycles. The molecular formula is C24H37F6P. The highest BCUT2D eigenvalue weighted by atomic mass is 31.1. The van der Waals surface area contributed by atoms with E-state index in [-0.39, 0.29) is 17.1 Å². The van der Waals surface area contributed by atoms with Gasteiger partial charge in [-0.25, -0.2) is 13.2 Å². The molecule has 4 unspecified atom stereocenters. The van der Waals surface area contributed by atoms with Crippen LogP contribution in [0.25, 0.3) is 0 Å². The quantitative estimate of drug-likeness (QED) is 0.153. The van der Waals surface area contributed by atoms with E-state index in [4.69, 9.17) is 0 Å². The van der Waals surface area contributed by atoms with Crippen LogP contribution in [0.15, 0.2) is 6.07 Å². The van der Waals surface area contributed by atoms with Crippen LogP contribution in [0.5, 0.6) is 0 Å². The van der Waals surface area contributed by atoms with Gasteiger partial charge in [0.15, 0.2) is 11.6 Å².